The molecule has 0 fully saturated rings. The van der Waals surface area contributed by atoms with Gasteiger partial charge in [-0.3, -0.25) is 0 Å². The molecule has 2 aromatic rings. The van der Waals surface area contributed by atoms with Gasteiger partial charge in [0, 0.05) is 0 Å². The summed E-state index contributed by atoms with van der Waals surface area (Å²) in [4.78, 5) is 10.2. The molecular weight excluding hydrogens is 216 g/mol. The predicted octanol–water partition coefficient (Wildman–Crippen LogP) is 4.20. The summed E-state index contributed by atoms with van der Waals surface area (Å²) >= 11 is 0. The second kappa shape index (κ2) is 5.50. The highest BCUT2D eigenvalue weighted by molar-refractivity contribution is 5.64. The average Bonchev–Trinajstić information content (AvgIpc) is 2.39. The SMILES string of the molecule is O=NNc1ccccc1N=Nc1ccccc1. The third-order valence-corrected chi connectivity index (χ3v) is 2.10. The number of nitroso groups, excluding NO2 is 1. The number of nitrogens with one attached hydrogen (secondary N) is 1. The summed E-state index contributed by atoms with van der Waals surface area (Å²) in [6.07, 6.45) is 0. The van der Waals surface area contributed by atoms with Gasteiger partial charge in [0.05, 0.1) is 16.7 Å². The van der Waals surface area contributed by atoms with Gasteiger partial charge in [-0.15, -0.1) is 10.0 Å². The molecule has 0 aliphatic carbocycles. The van der Waals surface area contributed by atoms with Crippen LogP contribution in [0.25, 0.3) is 0 Å². The van der Waals surface area contributed by atoms with E-state index in [0.717, 1.165) is 5.69 Å². The molecule has 0 aliphatic heterocycles. The number of para-hydroxylation sites is 1. The van der Waals surface area contributed by atoms with Crippen molar-refractivity contribution < 1.29 is 0 Å². The Morgan fingerprint density at radius 2 is 1.53 bits per heavy atom. The van der Waals surface area contributed by atoms with Gasteiger partial charge in [-0.1, -0.05) is 30.3 Å². The molecule has 0 bridgehead atoms. The summed E-state index contributed by atoms with van der Waals surface area (Å²) in [5, 5.41) is 10.7. The van der Waals surface area contributed by atoms with Gasteiger partial charge in [0.25, 0.3) is 0 Å². The van der Waals surface area contributed by atoms with E-state index in [2.05, 4.69) is 20.9 Å². The van der Waals surface area contributed by atoms with Crippen LogP contribution in [0.1, 0.15) is 0 Å². The van der Waals surface area contributed by atoms with Gasteiger partial charge >= 0.3 is 0 Å². The van der Waals surface area contributed by atoms with Gasteiger partial charge in [-0.25, -0.2) is 5.43 Å². The molecule has 84 valence electrons. The molecule has 2 aromatic carbocycles. The van der Waals surface area contributed by atoms with Crippen LogP contribution in [-0.4, -0.2) is 0 Å². The van der Waals surface area contributed by atoms with Crippen molar-refractivity contribution in [2.24, 2.45) is 15.5 Å². The largest absolute Gasteiger partial charge is 0.240 e. The normalized spacial score (nSPS) is 10.4. The first-order valence-electron chi connectivity index (χ1n) is 5.04. The monoisotopic (exact) mass is 226 g/mol. The van der Waals surface area contributed by atoms with Crippen molar-refractivity contribution in [1.82, 2.24) is 0 Å². The molecule has 0 unspecified atom stereocenters. The van der Waals surface area contributed by atoms with Crippen molar-refractivity contribution >= 4 is 17.1 Å². The quantitative estimate of drug-likeness (QED) is 0.482. The highest BCUT2D eigenvalue weighted by atomic mass is 16.3. The van der Waals surface area contributed by atoms with E-state index in [9.17, 15) is 4.91 Å². The van der Waals surface area contributed by atoms with Crippen molar-refractivity contribution in [2.75, 3.05) is 5.43 Å². The molecular formula is C12H10N4O. The molecule has 0 atom stereocenters. The molecule has 0 spiro atoms. The highest BCUT2D eigenvalue weighted by Gasteiger charge is 1.98. The number of rotatable bonds is 4. The van der Waals surface area contributed by atoms with Crippen LogP contribution in [0.4, 0.5) is 17.1 Å². The summed E-state index contributed by atoms with van der Waals surface area (Å²) in [5.74, 6) is 0. The number of azo groups is 1. The summed E-state index contributed by atoms with van der Waals surface area (Å²) in [6.45, 7) is 0. The zero-order chi connectivity index (χ0) is 11.9. The van der Waals surface area contributed by atoms with Gasteiger partial charge < -0.3 is 0 Å². The first-order valence-corrected chi connectivity index (χ1v) is 5.04. The lowest BCUT2D eigenvalue weighted by Crippen LogP contribution is -1.85. The van der Waals surface area contributed by atoms with Gasteiger partial charge in [0.15, 0.2) is 0 Å². The highest BCUT2D eigenvalue weighted by Crippen LogP contribution is 2.26. The first-order chi connectivity index (χ1) is 8.40. The molecule has 0 saturated carbocycles. The van der Waals surface area contributed by atoms with Crippen LogP contribution in [0.3, 0.4) is 0 Å². The van der Waals surface area contributed by atoms with E-state index in [1.54, 1.807) is 18.2 Å². The number of benzene rings is 2. The van der Waals surface area contributed by atoms with Gasteiger partial charge in [0.2, 0.25) is 0 Å². The maximum atomic E-state index is 10.2. The minimum absolute atomic E-state index is 0.530. The molecule has 0 radical (unpaired) electrons. The third kappa shape index (κ3) is 2.94. The number of anilines is 1. The van der Waals surface area contributed by atoms with Gasteiger partial charge in [-0.2, -0.15) is 5.11 Å². The minimum Gasteiger partial charge on any atom is -0.240 e. The third-order valence-electron chi connectivity index (χ3n) is 2.10. The molecule has 0 aliphatic rings. The lowest BCUT2D eigenvalue weighted by molar-refractivity contribution is 1.21. The van der Waals surface area contributed by atoms with Gasteiger partial charge in [0.1, 0.15) is 5.69 Å². The number of nitrogens with zero attached hydrogens (tertiary/aromatic N) is 3. The second-order valence-corrected chi connectivity index (χ2v) is 3.26. The van der Waals surface area contributed by atoms with Crippen LogP contribution in [0.15, 0.2) is 70.1 Å². The van der Waals surface area contributed by atoms with Crippen molar-refractivity contribution in [2.45, 2.75) is 0 Å². The fraction of sp³-hybridized carbons (Fsp3) is 0. The van der Waals surface area contributed by atoms with E-state index in [1.165, 1.54) is 0 Å². The fourth-order valence-electron chi connectivity index (χ4n) is 1.31. The van der Waals surface area contributed by atoms with Crippen molar-refractivity contribution in [3.05, 3.63) is 59.5 Å². The Labute approximate surface area is 98.2 Å². The van der Waals surface area contributed by atoms with Crippen LogP contribution >= 0.6 is 0 Å². The topological polar surface area (TPSA) is 66.2 Å². The standard InChI is InChI=1S/C12H10N4O/c17-16-15-12-9-5-4-8-11(12)14-13-10-6-2-1-3-7-10/h1-9H,(H,15,17). The predicted molar refractivity (Wildman–Crippen MR) is 66.5 cm³/mol. The van der Waals surface area contributed by atoms with E-state index in [-0.39, 0.29) is 0 Å². The Morgan fingerprint density at radius 3 is 2.29 bits per heavy atom. The smallest absolute Gasteiger partial charge is 0.111 e. The lowest BCUT2D eigenvalue weighted by Gasteiger charge is -2.00. The van der Waals surface area contributed by atoms with E-state index in [1.807, 2.05) is 36.4 Å². The Balaban J connectivity index is 2.24. The molecule has 0 amide bonds. The van der Waals surface area contributed by atoms with Crippen LogP contribution in [0, 0.1) is 4.91 Å². The van der Waals surface area contributed by atoms with Crippen molar-refractivity contribution in [1.29, 1.82) is 0 Å². The Kier molecular flexibility index (Phi) is 3.54. The molecule has 1 N–H and O–H groups in total. The second-order valence-electron chi connectivity index (χ2n) is 3.26. The molecule has 0 heterocycles. The lowest BCUT2D eigenvalue weighted by atomic mass is 10.3. The van der Waals surface area contributed by atoms with Crippen LogP contribution in [0.2, 0.25) is 0 Å². The summed E-state index contributed by atoms with van der Waals surface area (Å²) < 4.78 is 0. The molecule has 0 aromatic heterocycles. The Hall–Kier alpha value is -2.56. The van der Waals surface area contributed by atoms with Crippen LogP contribution in [-0.2, 0) is 0 Å². The van der Waals surface area contributed by atoms with Crippen LogP contribution < -0.4 is 5.43 Å². The Bertz CT molecular complexity index is 525. The summed E-state index contributed by atoms with van der Waals surface area (Å²) in [5.41, 5.74) is 4.17. The van der Waals surface area contributed by atoms with E-state index < -0.39 is 0 Å². The van der Waals surface area contributed by atoms with Crippen molar-refractivity contribution in [3.63, 3.8) is 0 Å². The van der Waals surface area contributed by atoms with E-state index >= 15 is 0 Å². The maximum absolute atomic E-state index is 10.2. The number of hydrogen-bond acceptors (Lipinski definition) is 4. The Morgan fingerprint density at radius 1 is 0.824 bits per heavy atom. The molecule has 2 rings (SSSR count). The number of hydrogen-bond donors (Lipinski definition) is 1. The summed E-state index contributed by atoms with van der Waals surface area (Å²) in [7, 11) is 0. The maximum Gasteiger partial charge on any atom is 0.111 e. The molecule has 0 saturated heterocycles. The van der Waals surface area contributed by atoms with Crippen molar-refractivity contribution in [3.8, 4) is 0 Å². The van der Waals surface area contributed by atoms with Crippen LogP contribution in [0.5, 0.6) is 0 Å². The van der Waals surface area contributed by atoms with E-state index in [4.69, 9.17) is 0 Å². The zero-order valence-electron chi connectivity index (χ0n) is 8.95. The summed E-state index contributed by atoms with van der Waals surface area (Å²) in [6, 6.07) is 16.4. The average molecular weight is 226 g/mol. The molecule has 5 nitrogen and oxygen atoms in total. The molecule has 17 heavy (non-hydrogen) atoms. The minimum atomic E-state index is 0.530. The van der Waals surface area contributed by atoms with E-state index in [0.29, 0.717) is 11.4 Å². The van der Waals surface area contributed by atoms with Gasteiger partial charge in [-0.05, 0) is 24.3 Å². The molecule has 5 heteroatoms. The first kappa shape index (κ1) is 10.9. The zero-order valence-corrected chi connectivity index (χ0v) is 8.95. The fourth-order valence-corrected chi connectivity index (χ4v) is 1.31.